The van der Waals surface area contributed by atoms with Gasteiger partial charge in [-0.3, -0.25) is 0 Å². The molecule has 1 N–H and O–H groups in total. The maximum Gasteiger partial charge on any atom is 0.137 e. The molecule has 1 aliphatic carbocycles. The first-order valence-corrected chi connectivity index (χ1v) is 8.19. The van der Waals surface area contributed by atoms with E-state index in [0.717, 1.165) is 28.2 Å². The molecule has 0 spiro atoms. The molecule has 1 fully saturated rings. The van der Waals surface area contributed by atoms with E-state index in [2.05, 4.69) is 42.7 Å². The van der Waals surface area contributed by atoms with Crippen molar-refractivity contribution in [3.63, 3.8) is 0 Å². The highest BCUT2D eigenvalue weighted by molar-refractivity contribution is 9.10. The van der Waals surface area contributed by atoms with Crippen LogP contribution in [0.15, 0.2) is 15.9 Å². The molecule has 3 rings (SSSR count). The van der Waals surface area contributed by atoms with Crippen molar-refractivity contribution in [3.05, 3.63) is 37.3 Å². The third kappa shape index (κ3) is 3.09. The van der Waals surface area contributed by atoms with E-state index in [9.17, 15) is 0 Å². The Morgan fingerprint density at radius 2 is 2.26 bits per heavy atom. The van der Waals surface area contributed by atoms with Crippen molar-refractivity contribution in [2.75, 3.05) is 5.32 Å². The Labute approximate surface area is 129 Å². The molecule has 0 bridgehead atoms. The van der Waals surface area contributed by atoms with Crippen LogP contribution in [0.5, 0.6) is 0 Å². The van der Waals surface area contributed by atoms with Gasteiger partial charge in [0.2, 0.25) is 0 Å². The summed E-state index contributed by atoms with van der Waals surface area (Å²) in [6, 6.07) is 2.11. The molecule has 0 saturated heterocycles. The zero-order valence-electron chi connectivity index (χ0n) is 10.4. The third-order valence-corrected chi connectivity index (χ3v) is 5.16. The third-order valence-electron chi connectivity index (χ3n) is 3.10. The summed E-state index contributed by atoms with van der Waals surface area (Å²) in [6.45, 7) is 2.71. The second kappa shape index (κ2) is 5.38. The van der Waals surface area contributed by atoms with Crippen LogP contribution in [0.2, 0.25) is 5.15 Å². The van der Waals surface area contributed by atoms with E-state index in [1.54, 1.807) is 11.3 Å². The van der Waals surface area contributed by atoms with Gasteiger partial charge in [0.15, 0.2) is 0 Å². The zero-order chi connectivity index (χ0) is 13.4. The second-order valence-electron chi connectivity index (χ2n) is 4.71. The summed E-state index contributed by atoms with van der Waals surface area (Å²) in [7, 11) is 0. The summed E-state index contributed by atoms with van der Waals surface area (Å²) in [5.41, 5.74) is 0.918. The van der Waals surface area contributed by atoms with Gasteiger partial charge in [-0.1, -0.05) is 11.6 Å². The van der Waals surface area contributed by atoms with Crippen LogP contribution in [0.4, 0.5) is 5.82 Å². The number of anilines is 1. The molecule has 100 valence electrons. The van der Waals surface area contributed by atoms with Crippen LogP contribution < -0.4 is 5.32 Å². The van der Waals surface area contributed by atoms with Crippen molar-refractivity contribution >= 4 is 44.7 Å². The maximum atomic E-state index is 6.18. The van der Waals surface area contributed by atoms with Gasteiger partial charge in [0.1, 0.15) is 16.8 Å². The Balaban J connectivity index is 1.79. The molecule has 2 aromatic heterocycles. The van der Waals surface area contributed by atoms with Gasteiger partial charge >= 0.3 is 0 Å². The van der Waals surface area contributed by atoms with Gasteiger partial charge in [0.25, 0.3) is 0 Å². The molecule has 0 amide bonds. The summed E-state index contributed by atoms with van der Waals surface area (Å²) >= 11 is 11.4. The second-order valence-corrected chi connectivity index (χ2v) is 6.97. The highest BCUT2D eigenvalue weighted by atomic mass is 79.9. The van der Waals surface area contributed by atoms with E-state index in [1.807, 2.05) is 6.92 Å². The number of nitrogens with zero attached hydrogens (tertiary/aromatic N) is 2. The maximum absolute atomic E-state index is 6.18. The molecular formula is C13H13BrClN3S. The molecule has 3 nitrogen and oxygen atoms in total. The molecule has 0 radical (unpaired) electrons. The molecule has 1 aliphatic rings. The van der Waals surface area contributed by atoms with E-state index in [1.165, 1.54) is 17.7 Å². The first kappa shape index (κ1) is 13.3. The van der Waals surface area contributed by atoms with E-state index < -0.39 is 0 Å². The minimum Gasteiger partial charge on any atom is -0.365 e. The lowest BCUT2D eigenvalue weighted by Gasteiger charge is -2.10. The van der Waals surface area contributed by atoms with Crippen LogP contribution in [0.1, 0.15) is 35.0 Å². The lowest BCUT2D eigenvalue weighted by molar-refractivity contribution is 0.913. The molecule has 0 aromatic carbocycles. The highest BCUT2D eigenvalue weighted by Gasteiger charge is 2.27. The molecular weight excluding hydrogens is 346 g/mol. The number of aromatic nitrogens is 2. The average Bonchev–Trinajstić information content (AvgIpc) is 3.15. The quantitative estimate of drug-likeness (QED) is 0.801. The SMILES string of the molecule is Cc1c(Cl)nc(C2CC2)nc1NCc1cc(Br)cs1. The van der Waals surface area contributed by atoms with E-state index in [0.29, 0.717) is 11.1 Å². The van der Waals surface area contributed by atoms with Gasteiger partial charge in [-0.05, 0) is 41.8 Å². The first-order valence-electron chi connectivity index (χ1n) is 6.14. The predicted octanol–water partition coefficient (Wildman–Crippen LogP) is 4.75. The molecule has 1 saturated carbocycles. The summed E-state index contributed by atoms with van der Waals surface area (Å²) < 4.78 is 1.12. The lowest BCUT2D eigenvalue weighted by atomic mass is 10.3. The van der Waals surface area contributed by atoms with Crippen molar-refractivity contribution in [3.8, 4) is 0 Å². The van der Waals surface area contributed by atoms with Crippen molar-refractivity contribution < 1.29 is 0 Å². The van der Waals surface area contributed by atoms with Crippen molar-refractivity contribution in [2.24, 2.45) is 0 Å². The Bertz CT molecular complexity index is 610. The number of rotatable bonds is 4. The molecule has 0 atom stereocenters. The van der Waals surface area contributed by atoms with Gasteiger partial charge in [-0.25, -0.2) is 9.97 Å². The number of nitrogens with one attached hydrogen (secondary N) is 1. The molecule has 2 heterocycles. The molecule has 0 unspecified atom stereocenters. The largest absolute Gasteiger partial charge is 0.365 e. The summed E-state index contributed by atoms with van der Waals surface area (Å²) in [4.78, 5) is 10.2. The molecule has 19 heavy (non-hydrogen) atoms. The summed E-state index contributed by atoms with van der Waals surface area (Å²) in [5.74, 6) is 2.24. The van der Waals surface area contributed by atoms with Gasteiger partial charge in [0, 0.05) is 26.2 Å². The molecule has 6 heteroatoms. The van der Waals surface area contributed by atoms with Crippen molar-refractivity contribution in [1.82, 2.24) is 9.97 Å². The Kier molecular flexibility index (Phi) is 3.78. The summed E-state index contributed by atoms with van der Waals surface area (Å²) in [6.07, 6.45) is 2.35. The van der Waals surface area contributed by atoms with E-state index in [4.69, 9.17) is 11.6 Å². The number of hydrogen-bond acceptors (Lipinski definition) is 4. The monoisotopic (exact) mass is 357 g/mol. The van der Waals surface area contributed by atoms with Crippen LogP contribution in [0, 0.1) is 6.92 Å². The normalized spacial score (nSPS) is 14.7. The van der Waals surface area contributed by atoms with Gasteiger partial charge in [-0.2, -0.15) is 0 Å². The first-order chi connectivity index (χ1) is 9.13. The van der Waals surface area contributed by atoms with Gasteiger partial charge in [-0.15, -0.1) is 11.3 Å². The standard InChI is InChI=1S/C13H13BrClN3S/c1-7-11(15)17-13(8-2-3-8)18-12(7)16-5-10-4-9(14)6-19-10/h4,6,8H,2-3,5H2,1H3,(H,16,17,18). The average molecular weight is 359 g/mol. The summed E-state index contributed by atoms with van der Waals surface area (Å²) in [5, 5.41) is 6.00. The highest BCUT2D eigenvalue weighted by Crippen LogP contribution is 2.39. The number of thiophene rings is 1. The minimum atomic E-state index is 0.509. The topological polar surface area (TPSA) is 37.8 Å². The van der Waals surface area contributed by atoms with Crippen LogP contribution in [-0.4, -0.2) is 9.97 Å². The lowest BCUT2D eigenvalue weighted by Crippen LogP contribution is -2.06. The van der Waals surface area contributed by atoms with E-state index in [-0.39, 0.29) is 0 Å². The fourth-order valence-electron chi connectivity index (χ4n) is 1.82. The number of hydrogen-bond donors (Lipinski definition) is 1. The van der Waals surface area contributed by atoms with Crippen molar-refractivity contribution in [2.45, 2.75) is 32.2 Å². The fraction of sp³-hybridized carbons (Fsp3) is 0.385. The Hall–Kier alpha value is -0.650. The Morgan fingerprint density at radius 3 is 2.89 bits per heavy atom. The molecule has 2 aromatic rings. The van der Waals surface area contributed by atoms with Gasteiger partial charge in [0.05, 0.1) is 6.54 Å². The zero-order valence-corrected chi connectivity index (χ0v) is 13.6. The van der Waals surface area contributed by atoms with Crippen LogP contribution in [0.25, 0.3) is 0 Å². The fourth-order valence-corrected chi connectivity index (χ4v) is 3.39. The van der Waals surface area contributed by atoms with E-state index >= 15 is 0 Å². The van der Waals surface area contributed by atoms with Crippen LogP contribution in [0.3, 0.4) is 0 Å². The smallest absolute Gasteiger partial charge is 0.137 e. The van der Waals surface area contributed by atoms with Crippen molar-refractivity contribution in [1.29, 1.82) is 0 Å². The van der Waals surface area contributed by atoms with Crippen LogP contribution in [-0.2, 0) is 6.54 Å². The predicted molar refractivity (Wildman–Crippen MR) is 83.1 cm³/mol. The Morgan fingerprint density at radius 1 is 1.47 bits per heavy atom. The molecule has 0 aliphatic heterocycles. The van der Waals surface area contributed by atoms with Crippen LogP contribution >= 0.6 is 38.9 Å². The van der Waals surface area contributed by atoms with Gasteiger partial charge < -0.3 is 5.32 Å². The minimum absolute atomic E-state index is 0.509. The number of halogens is 2.